The van der Waals surface area contributed by atoms with Crippen LogP contribution in [0.3, 0.4) is 0 Å². The number of esters is 1. The second-order valence-electron chi connectivity index (χ2n) is 6.62. The molecule has 0 aliphatic carbocycles. The van der Waals surface area contributed by atoms with Crippen LogP contribution in [-0.2, 0) is 26.2 Å². The molecule has 0 spiro atoms. The zero-order valence-corrected chi connectivity index (χ0v) is 16.3. The lowest BCUT2D eigenvalue weighted by Crippen LogP contribution is -2.33. The third-order valence-electron chi connectivity index (χ3n) is 4.78. The van der Waals surface area contributed by atoms with E-state index in [0.717, 1.165) is 20.8 Å². The molecule has 4 rings (SSSR count). The van der Waals surface area contributed by atoms with Gasteiger partial charge in [0.05, 0.1) is 17.7 Å². The first-order valence-electron chi connectivity index (χ1n) is 8.75. The Morgan fingerprint density at radius 3 is 2.57 bits per heavy atom. The van der Waals surface area contributed by atoms with Gasteiger partial charge in [0.25, 0.3) is 10.0 Å². The van der Waals surface area contributed by atoms with Crippen LogP contribution in [0.15, 0.2) is 59.5 Å². The highest BCUT2D eigenvalue weighted by Gasteiger charge is 2.36. The molecule has 0 N–H and O–H groups in total. The number of methoxy groups -OCH3 is 1. The molecule has 0 fully saturated rings. The number of hydrogen-bond acceptors (Lipinski definition) is 5. The number of carbonyl (C=O) groups excluding carboxylic acids is 1. The van der Waals surface area contributed by atoms with Gasteiger partial charge in [-0.1, -0.05) is 35.9 Å². The van der Waals surface area contributed by atoms with Crippen molar-refractivity contribution in [1.82, 2.24) is 0 Å². The number of anilines is 1. The maximum atomic E-state index is 12.9. The van der Waals surface area contributed by atoms with Crippen molar-refractivity contribution < 1.29 is 22.7 Å². The Morgan fingerprint density at radius 2 is 1.82 bits per heavy atom. The fraction of sp³-hybridized carbons (Fsp3) is 0.190. The van der Waals surface area contributed by atoms with Crippen molar-refractivity contribution in [1.29, 1.82) is 0 Å². The number of carbonyl (C=O) groups is 1. The van der Waals surface area contributed by atoms with Gasteiger partial charge in [-0.2, -0.15) is 0 Å². The number of hydrogen-bond donors (Lipinski definition) is 0. The van der Waals surface area contributed by atoms with Crippen LogP contribution in [0.4, 0.5) is 5.69 Å². The third kappa shape index (κ3) is 2.97. The molecule has 0 amide bonds. The van der Waals surface area contributed by atoms with Gasteiger partial charge >= 0.3 is 5.97 Å². The molecule has 3 aromatic rings. The summed E-state index contributed by atoms with van der Waals surface area (Å²) in [5, 5.41) is 1.46. The Kier molecular flexibility index (Phi) is 4.47. The monoisotopic (exact) mass is 397 g/mol. The fourth-order valence-corrected chi connectivity index (χ4v) is 5.12. The van der Waals surface area contributed by atoms with Crippen molar-refractivity contribution >= 4 is 32.5 Å². The Bertz CT molecular complexity index is 1180. The van der Waals surface area contributed by atoms with Gasteiger partial charge < -0.3 is 9.47 Å². The van der Waals surface area contributed by atoms with Gasteiger partial charge in [0, 0.05) is 10.9 Å². The van der Waals surface area contributed by atoms with E-state index < -0.39 is 16.0 Å². The largest absolute Gasteiger partial charge is 0.496 e. The predicted octanol–water partition coefficient (Wildman–Crippen LogP) is 3.41. The summed E-state index contributed by atoms with van der Waals surface area (Å²) in [7, 11) is -2.24. The molecular weight excluding hydrogens is 378 g/mol. The van der Waals surface area contributed by atoms with E-state index in [9.17, 15) is 13.2 Å². The molecule has 0 atom stereocenters. The highest BCUT2D eigenvalue weighted by Crippen LogP contribution is 2.41. The van der Waals surface area contributed by atoms with Crippen LogP contribution in [0.2, 0.25) is 0 Å². The topological polar surface area (TPSA) is 72.9 Å². The molecule has 144 valence electrons. The van der Waals surface area contributed by atoms with E-state index in [1.807, 2.05) is 31.2 Å². The number of rotatable bonds is 5. The van der Waals surface area contributed by atoms with E-state index >= 15 is 0 Å². The Labute approximate surface area is 163 Å². The highest BCUT2D eigenvalue weighted by molar-refractivity contribution is 7.93. The third-order valence-corrected chi connectivity index (χ3v) is 6.58. The minimum absolute atomic E-state index is 0.00865. The average Bonchev–Trinajstić information content (AvgIpc) is 2.90. The SMILES string of the molecule is COc1ccc(C)cc1COC(=O)CN1c2cccc3cccc(c23)S1(=O)=O. The second-order valence-corrected chi connectivity index (χ2v) is 8.45. The lowest BCUT2D eigenvalue weighted by Gasteiger charge is -2.18. The summed E-state index contributed by atoms with van der Waals surface area (Å²) in [5.74, 6) is -0.0127. The zero-order chi connectivity index (χ0) is 19.9. The van der Waals surface area contributed by atoms with Crippen molar-refractivity contribution in [3.8, 4) is 5.75 Å². The molecule has 7 heteroatoms. The predicted molar refractivity (Wildman–Crippen MR) is 106 cm³/mol. The Balaban J connectivity index is 1.56. The van der Waals surface area contributed by atoms with Gasteiger partial charge in [-0.3, -0.25) is 9.10 Å². The molecule has 6 nitrogen and oxygen atoms in total. The van der Waals surface area contributed by atoms with Crippen LogP contribution < -0.4 is 9.04 Å². The van der Waals surface area contributed by atoms with E-state index in [1.165, 1.54) is 0 Å². The second kappa shape index (κ2) is 6.83. The minimum Gasteiger partial charge on any atom is -0.496 e. The number of ether oxygens (including phenoxy) is 2. The summed E-state index contributed by atoms with van der Waals surface area (Å²) >= 11 is 0. The summed E-state index contributed by atoms with van der Waals surface area (Å²) in [4.78, 5) is 12.7. The van der Waals surface area contributed by atoms with Crippen molar-refractivity contribution in [3.05, 3.63) is 65.7 Å². The lowest BCUT2D eigenvalue weighted by atomic mass is 10.1. The van der Waals surface area contributed by atoms with Gasteiger partial charge in [0.1, 0.15) is 18.9 Å². The Morgan fingerprint density at radius 1 is 1.07 bits per heavy atom. The van der Waals surface area contributed by atoms with Crippen LogP contribution >= 0.6 is 0 Å². The number of benzene rings is 3. The van der Waals surface area contributed by atoms with Crippen molar-refractivity contribution in [2.24, 2.45) is 0 Å². The molecule has 0 saturated heterocycles. The smallest absolute Gasteiger partial charge is 0.327 e. The fourth-order valence-electron chi connectivity index (χ4n) is 3.47. The zero-order valence-electron chi connectivity index (χ0n) is 15.5. The van der Waals surface area contributed by atoms with Gasteiger partial charge in [-0.15, -0.1) is 0 Å². The van der Waals surface area contributed by atoms with Gasteiger partial charge in [-0.25, -0.2) is 8.42 Å². The molecule has 1 heterocycles. The number of nitrogens with zero attached hydrogens (tertiary/aromatic N) is 1. The normalized spacial score (nSPS) is 14.3. The van der Waals surface area contributed by atoms with Gasteiger partial charge in [-0.05, 0) is 36.6 Å². The summed E-state index contributed by atoms with van der Waals surface area (Å²) < 4.78 is 37.6. The molecular formula is C21H19NO5S. The van der Waals surface area contributed by atoms with Crippen LogP contribution in [0, 0.1) is 6.92 Å². The first-order valence-corrected chi connectivity index (χ1v) is 10.2. The summed E-state index contributed by atoms with van der Waals surface area (Å²) in [5.41, 5.74) is 2.24. The van der Waals surface area contributed by atoms with E-state index in [-0.39, 0.29) is 18.0 Å². The van der Waals surface area contributed by atoms with E-state index in [2.05, 4.69) is 0 Å². The quantitative estimate of drug-likeness (QED) is 0.617. The summed E-state index contributed by atoms with van der Waals surface area (Å²) in [6, 6.07) is 16.0. The van der Waals surface area contributed by atoms with Crippen molar-refractivity contribution in [3.63, 3.8) is 0 Å². The average molecular weight is 397 g/mol. The first-order chi connectivity index (χ1) is 13.4. The lowest BCUT2D eigenvalue weighted by molar-refractivity contribution is -0.143. The van der Waals surface area contributed by atoms with Crippen LogP contribution in [0.25, 0.3) is 10.8 Å². The van der Waals surface area contributed by atoms with Gasteiger partial charge in [0.15, 0.2) is 0 Å². The van der Waals surface area contributed by atoms with Crippen molar-refractivity contribution in [2.75, 3.05) is 18.0 Å². The molecule has 0 unspecified atom stereocenters. The maximum Gasteiger partial charge on any atom is 0.327 e. The number of aryl methyl sites for hydroxylation is 1. The molecule has 1 aliphatic heterocycles. The van der Waals surface area contributed by atoms with E-state index in [4.69, 9.17) is 9.47 Å². The number of sulfonamides is 1. The molecule has 3 aromatic carbocycles. The van der Waals surface area contributed by atoms with Crippen molar-refractivity contribution in [2.45, 2.75) is 18.4 Å². The molecule has 28 heavy (non-hydrogen) atoms. The van der Waals surface area contributed by atoms with Crippen LogP contribution in [0.5, 0.6) is 5.75 Å². The van der Waals surface area contributed by atoms with Crippen LogP contribution in [-0.4, -0.2) is 28.0 Å². The molecule has 0 bridgehead atoms. The first kappa shape index (κ1) is 18.3. The molecule has 1 aliphatic rings. The van der Waals surface area contributed by atoms with E-state index in [0.29, 0.717) is 16.8 Å². The van der Waals surface area contributed by atoms with E-state index in [1.54, 1.807) is 37.4 Å². The summed E-state index contributed by atoms with van der Waals surface area (Å²) in [6.45, 7) is 1.55. The molecule has 0 radical (unpaired) electrons. The Hall–Kier alpha value is -3.06. The standard InChI is InChI=1S/C21H19NO5S/c1-14-9-10-18(26-2)16(11-14)13-27-20(23)12-22-17-7-3-5-15-6-4-8-19(21(15)17)28(22,24)25/h3-11H,12-13H2,1-2H3. The highest BCUT2D eigenvalue weighted by atomic mass is 32.2. The minimum atomic E-state index is -3.79. The molecule has 0 saturated carbocycles. The van der Waals surface area contributed by atoms with Gasteiger partial charge in [0.2, 0.25) is 0 Å². The van der Waals surface area contributed by atoms with Crippen LogP contribution in [0.1, 0.15) is 11.1 Å². The summed E-state index contributed by atoms with van der Waals surface area (Å²) in [6.07, 6.45) is 0. The molecule has 0 aromatic heterocycles. The maximum absolute atomic E-state index is 12.9.